The number of hydrogen-bond donors (Lipinski definition) is 16. The van der Waals surface area contributed by atoms with Gasteiger partial charge in [0.1, 0.15) is 0 Å². The number of nitrogens with zero attached hydrogens (tertiary/aromatic N) is 1. The van der Waals surface area contributed by atoms with E-state index in [2.05, 4.69) is 26.6 Å². The highest BCUT2D eigenvalue weighted by Crippen LogP contribution is 2.17. The Labute approximate surface area is 312 Å². The molecule has 0 saturated heterocycles. The smallest absolute Gasteiger partial charge is 0.0636 e. The summed E-state index contributed by atoms with van der Waals surface area (Å²) < 4.78 is 0. The zero-order chi connectivity index (χ0) is 40.8. The second-order valence-corrected chi connectivity index (χ2v) is 11.3. The van der Waals surface area contributed by atoms with Crippen molar-refractivity contribution in [1.29, 1.82) is 0 Å². The minimum atomic E-state index is -0.208. The number of aliphatic hydroxyl groups excluding tert-OH is 9. The van der Waals surface area contributed by atoms with Crippen LogP contribution in [-0.4, -0.2) is 208 Å². The molecule has 1 aliphatic carbocycles. The minimum absolute atomic E-state index is 0.0972. The van der Waals surface area contributed by atoms with Gasteiger partial charge in [-0.15, -0.1) is 0 Å². The maximum atomic E-state index is 9.02. The normalized spacial score (nSPS) is 12.8. The molecule has 0 spiro atoms. The van der Waals surface area contributed by atoms with Crippen molar-refractivity contribution in [2.24, 2.45) is 11.5 Å². The summed E-state index contributed by atoms with van der Waals surface area (Å²) in [6.45, 7) is 16.6. The number of nitrogens with two attached hydrogens (primary N) is 2. The molecule has 0 aliphatic heterocycles. The lowest BCUT2D eigenvalue weighted by molar-refractivity contribution is 0.181. The van der Waals surface area contributed by atoms with Crippen LogP contribution in [0.2, 0.25) is 0 Å². The second-order valence-electron chi connectivity index (χ2n) is 11.3. The molecular weight excluding hydrogens is 664 g/mol. The van der Waals surface area contributed by atoms with Crippen molar-refractivity contribution >= 4 is 0 Å². The van der Waals surface area contributed by atoms with Crippen LogP contribution in [0.25, 0.3) is 0 Å². The zero-order valence-electron chi connectivity index (χ0n) is 33.8. The molecule has 0 amide bonds. The first-order chi connectivity index (χ1) is 24.4. The summed E-state index contributed by atoms with van der Waals surface area (Å²) >= 11 is 0. The summed E-state index contributed by atoms with van der Waals surface area (Å²) in [6.07, 6.45) is 7.03. The van der Waals surface area contributed by atoms with Crippen molar-refractivity contribution in [1.82, 2.24) is 31.5 Å². The van der Waals surface area contributed by atoms with Crippen molar-refractivity contribution in [2.75, 3.05) is 139 Å². The lowest BCUT2D eigenvalue weighted by Crippen LogP contribution is -2.35. The van der Waals surface area contributed by atoms with E-state index in [4.69, 9.17) is 57.4 Å². The summed E-state index contributed by atoms with van der Waals surface area (Å²) in [6, 6.07) is 0.679. The van der Waals surface area contributed by atoms with Crippen LogP contribution in [0, 0.1) is 0 Å². The SMILES string of the molecule is CC(O)CNC1CCCCC1.CCNCC(C)O.CCNCCO.CN(C)CCO.CNCCO.NCCCO.NCCO.OCCNCCO. The molecule has 0 aromatic rings. The molecule has 18 N–H and O–H groups in total. The van der Waals surface area contributed by atoms with E-state index in [1.54, 1.807) is 14.0 Å². The molecule has 0 heterocycles. The Kier molecular flexibility index (Phi) is 90.6. The molecule has 2 atom stereocenters. The predicted molar refractivity (Wildman–Crippen MR) is 213 cm³/mol. The van der Waals surface area contributed by atoms with Crippen molar-refractivity contribution in [3.05, 3.63) is 0 Å². The van der Waals surface area contributed by atoms with Crippen LogP contribution in [0.1, 0.15) is 66.2 Å². The van der Waals surface area contributed by atoms with E-state index in [-0.39, 0.29) is 58.5 Å². The first-order valence-electron chi connectivity index (χ1n) is 18.6. The van der Waals surface area contributed by atoms with E-state index >= 15 is 0 Å². The van der Waals surface area contributed by atoms with Crippen LogP contribution in [0.5, 0.6) is 0 Å². The third kappa shape index (κ3) is 113. The van der Waals surface area contributed by atoms with Gasteiger partial charge in [-0.3, -0.25) is 0 Å². The lowest BCUT2D eigenvalue weighted by atomic mass is 9.95. The summed E-state index contributed by atoms with van der Waals surface area (Å²) in [5.74, 6) is 0. The molecule has 2 unspecified atom stereocenters. The molecule has 1 fully saturated rings. The van der Waals surface area contributed by atoms with Crippen LogP contribution >= 0.6 is 0 Å². The molecule has 1 aliphatic rings. The maximum Gasteiger partial charge on any atom is 0.0636 e. The number of rotatable bonds is 20. The van der Waals surface area contributed by atoms with Gasteiger partial charge in [0.2, 0.25) is 0 Å². The van der Waals surface area contributed by atoms with E-state index in [9.17, 15) is 0 Å². The van der Waals surface area contributed by atoms with Crippen LogP contribution in [0.4, 0.5) is 0 Å². The molecule has 51 heavy (non-hydrogen) atoms. The van der Waals surface area contributed by atoms with Gasteiger partial charge in [-0.2, -0.15) is 0 Å². The van der Waals surface area contributed by atoms with Gasteiger partial charge >= 0.3 is 0 Å². The highest BCUT2D eigenvalue weighted by molar-refractivity contribution is 4.72. The Hall–Kier alpha value is -0.680. The average molecular weight is 755 g/mol. The van der Waals surface area contributed by atoms with Gasteiger partial charge in [-0.1, -0.05) is 33.1 Å². The first-order valence-corrected chi connectivity index (χ1v) is 18.6. The monoisotopic (exact) mass is 755 g/mol. The third-order valence-electron chi connectivity index (χ3n) is 5.51. The maximum absolute atomic E-state index is 9.02. The van der Waals surface area contributed by atoms with E-state index in [0.717, 1.165) is 39.1 Å². The van der Waals surface area contributed by atoms with E-state index in [1.807, 2.05) is 39.8 Å². The fraction of sp³-hybridized carbons (Fsp3) is 1.00. The molecule has 17 nitrogen and oxygen atoms in total. The molecule has 0 bridgehead atoms. The Balaban J connectivity index is -0.0000000887. The van der Waals surface area contributed by atoms with Gasteiger partial charge in [-0.05, 0) is 73.9 Å². The quantitative estimate of drug-likeness (QED) is 0.0535. The number of hydrogen-bond acceptors (Lipinski definition) is 17. The summed E-state index contributed by atoms with van der Waals surface area (Å²) in [4.78, 5) is 1.93. The number of aliphatic hydroxyl groups is 9. The van der Waals surface area contributed by atoms with Crippen molar-refractivity contribution in [3.8, 4) is 0 Å². The van der Waals surface area contributed by atoms with Crippen molar-refractivity contribution < 1.29 is 46.0 Å². The highest BCUT2D eigenvalue weighted by atomic mass is 16.3. The fourth-order valence-corrected chi connectivity index (χ4v) is 2.94. The molecule has 0 radical (unpaired) electrons. The molecule has 1 rings (SSSR count). The summed E-state index contributed by atoms with van der Waals surface area (Å²) in [5, 5.41) is 88.9. The van der Waals surface area contributed by atoms with Gasteiger partial charge in [0.25, 0.3) is 0 Å². The van der Waals surface area contributed by atoms with Crippen LogP contribution in [0.15, 0.2) is 0 Å². The van der Waals surface area contributed by atoms with Crippen molar-refractivity contribution in [3.63, 3.8) is 0 Å². The second kappa shape index (κ2) is 70.8. The van der Waals surface area contributed by atoms with Gasteiger partial charge in [0.15, 0.2) is 0 Å². The summed E-state index contributed by atoms with van der Waals surface area (Å²) in [7, 11) is 5.66. The first kappa shape index (κ1) is 65.2. The molecule has 0 aromatic carbocycles. The largest absolute Gasteiger partial charge is 0.396 e. The molecule has 320 valence electrons. The van der Waals surface area contributed by atoms with Crippen LogP contribution < -0.4 is 38.1 Å². The highest BCUT2D eigenvalue weighted by Gasteiger charge is 2.12. The number of nitrogens with one attached hydrogen (secondary N) is 5. The Morgan fingerprint density at radius 3 is 1.25 bits per heavy atom. The Bertz CT molecular complexity index is 471. The zero-order valence-corrected chi connectivity index (χ0v) is 33.8. The molecular formula is C34H90N8O9. The van der Waals surface area contributed by atoms with Crippen molar-refractivity contribution in [2.45, 2.75) is 84.5 Å². The molecule has 1 saturated carbocycles. The number of likely N-dealkylation sites (N-methyl/N-ethyl adjacent to an activating group) is 4. The van der Waals surface area contributed by atoms with E-state index in [1.165, 1.54) is 32.1 Å². The average Bonchev–Trinajstić information content (AvgIpc) is 3.12. The van der Waals surface area contributed by atoms with Gasteiger partial charge in [0.05, 0.1) is 51.8 Å². The fourth-order valence-electron chi connectivity index (χ4n) is 2.94. The Morgan fingerprint density at radius 1 is 0.608 bits per heavy atom. The van der Waals surface area contributed by atoms with E-state index < -0.39 is 0 Å². The Morgan fingerprint density at radius 2 is 1.06 bits per heavy atom. The van der Waals surface area contributed by atoms with Crippen LogP contribution in [-0.2, 0) is 0 Å². The minimum Gasteiger partial charge on any atom is -0.396 e. The van der Waals surface area contributed by atoms with Gasteiger partial charge in [0, 0.05) is 65.0 Å². The van der Waals surface area contributed by atoms with Crippen LogP contribution in [0.3, 0.4) is 0 Å². The third-order valence-corrected chi connectivity index (χ3v) is 5.51. The standard InChI is InChI=1S/C9H19NO.C5H13NO.C4H11NO2.2C4H11NO.2C3H9NO.C2H7NO/c1-8(11)7-10-9-5-3-2-4-6-9;1-3-6-4-5(2)7;6-3-1-5-2-4-7;1-5(2)3-4-6;1-2-5-3-4-6;1-4-2-3-5;4-2-1-3-5;3-1-2-4/h8-11H,2-7H2,1H3;5-7H,3-4H2,1-2H3;5-7H,1-4H2;6H,3-4H2,1-2H3;5-6H,2-4H2,1H3;4-5H,2-3H2,1H3;5H,1-4H2;4H,1-3H2. The van der Waals surface area contributed by atoms with Gasteiger partial charge < -0.3 is 88.9 Å². The summed E-state index contributed by atoms with van der Waals surface area (Å²) in [5.41, 5.74) is 9.76. The van der Waals surface area contributed by atoms with Gasteiger partial charge in [-0.25, -0.2) is 0 Å². The lowest BCUT2D eigenvalue weighted by Gasteiger charge is -2.23. The predicted octanol–water partition coefficient (Wildman–Crippen LogP) is -3.58. The topological polar surface area (TPSA) is 298 Å². The molecule has 0 aromatic heterocycles. The van der Waals surface area contributed by atoms with E-state index in [0.29, 0.717) is 45.3 Å². The molecule has 17 heteroatoms.